The van der Waals surface area contributed by atoms with E-state index in [1.165, 1.54) is 0 Å². The number of anilines is 1. The van der Waals surface area contributed by atoms with Crippen molar-refractivity contribution < 1.29 is 14.3 Å². The van der Waals surface area contributed by atoms with Gasteiger partial charge in [0.1, 0.15) is 0 Å². The highest BCUT2D eigenvalue weighted by Gasteiger charge is 2.17. The lowest BCUT2D eigenvalue weighted by molar-refractivity contribution is -0.119. The fourth-order valence-electron chi connectivity index (χ4n) is 2.08. The van der Waals surface area contributed by atoms with Crippen LogP contribution in [-0.2, 0) is 20.9 Å². The second-order valence-electron chi connectivity index (χ2n) is 4.54. The third kappa shape index (κ3) is 5.09. The van der Waals surface area contributed by atoms with Crippen molar-refractivity contribution in [3.05, 3.63) is 29.8 Å². The van der Waals surface area contributed by atoms with Crippen LogP contribution in [0.15, 0.2) is 24.3 Å². The van der Waals surface area contributed by atoms with Crippen LogP contribution in [0.4, 0.5) is 5.69 Å². The average Bonchev–Trinajstić information content (AvgIpc) is 2.42. The largest absolute Gasteiger partial charge is 0.380 e. The van der Waals surface area contributed by atoms with Gasteiger partial charge in [0.15, 0.2) is 0 Å². The van der Waals surface area contributed by atoms with Gasteiger partial charge < -0.3 is 20.1 Å². The zero-order chi connectivity index (χ0) is 13.5. The van der Waals surface area contributed by atoms with Gasteiger partial charge in [0.25, 0.3) is 0 Å². The number of para-hydroxylation sites is 1. The van der Waals surface area contributed by atoms with E-state index in [1.54, 1.807) is 7.11 Å². The molecule has 2 N–H and O–H groups in total. The summed E-state index contributed by atoms with van der Waals surface area (Å²) in [5, 5.41) is 6.13. The highest BCUT2D eigenvalue weighted by Crippen LogP contribution is 2.16. The molecule has 1 saturated heterocycles. The number of carbonyl (C=O) groups is 1. The van der Waals surface area contributed by atoms with Gasteiger partial charge in [-0.05, 0) is 6.07 Å². The van der Waals surface area contributed by atoms with Gasteiger partial charge in [0, 0.05) is 31.5 Å². The molecule has 1 heterocycles. The molecule has 1 unspecified atom stereocenters. The maximum Gasteiger partial charge on any atom is 0.227 e. The number of ether oxygens (including phenoxy) is 2. The van der Waals surface area contributed by atoms with Gasteiger partial charge in [-0.15, -0.1) is 12.4 Å². The molecule has 1 aliphatic rings. The maximum atomic E-state index is 12.0. The molecular weight excluding hydrogens is 280 g/mol. The minimum absolute atomic E-state index is 0. The first-order valence-electron chi connectivity index (χ1n) is 6.48. The van der Waals surface area contributed by atoms with Crippen molar-refractivity contribution in [3.63, 3.8) is 0 Å². The van der Waals surface area contributed by atoms with Gasteiger partial charge in [-0.2, -0.15) is 0 Å². The molecule has 6 heteroatoms. The van der Waals surface area contributed by atoms with E-state index >= 15 is 0 Å². The molecule has 1 amide bonds. The van der Waals surface area contributed by atoms with E-state index in [2.05, 4.69) is 10.6 Å². The third-order valence-electron chi connectivity index (χ3n) is 3.01. The molecule has 20 heavy (non-hydrogen) atoms. The fraction of sp³-hybridized carbons (Fsp3) is 0.500. The Hall–Kier alpha value is -1.14. The number of hydrogen-bond acceptors (Lipinski definition) is 4. The van der Waals surface area contributed by atoms with Gasteiger partial charge in [-0.1, -0.05) is 18.2 Å². The van der Waals surface area contributed by atoms with E-state index in [1.807, 2.05) is 24.3 Å². The summed E-state index contributed by atoms with van der Waals surface area (Å²) < 4.78 is 10.6. The SMILES string of the molecule is COCc1ccccc1NC(=O)CC1CNCCO1.Cl. The predicted octanol–water partition coefficient (Wildman–Crippen LogP) is 1.57. The molecule has 5 nitrogen and oxygen atoms in total. The number of benzene rings is 1. The van der Waals surface area contributed by atoms with Gasteiger partial charge in [-0.3, -0.25) is 4.79 Å². The van der Waals surface area contributed by atoms with Crippen LogP contribution in [0, 0.1) is 0 Å². The van der Waals surface area contributed by atoms with E-state index in [0.717, 1.165) is 24.3 Å². The van der Waals surface area contributed by atoms with Crippen LogP contribution in [-0.4, -0.2) is 38.8 Å². The lowest BCUT2D eigenvalue weighted by atomic mass is 10.1. The fourth-order valence-corrected chi connectivity index (χ4v) is 2.08. The van der Waals surface area contributed by atoms with E-state index in [0.29, 0.717) is 19.6 Å². The molecule has 1 aliphatic heterocycles. The number of hydrogen-bond donors (Lipinski definition) is 2. The topological polar surface area (TPSA) is 59.6 Å². The van der Waals surface area contributed by atoms with Crippen LogP contribution in [0.5, 0.6) is 0 Å². The Morgan fingerprint density at radius 3 is 3.00 bits per heavy atom. The number of halogens is 1. The highest BCUT2D eigenvalue weighted by molar-refractivity contribution is 5.91. The predicted molar refractivity (Wildman–Crippen MR) is 80.3 cm³/mol. The molecule has 0 radical (unpaired) electrons. The summed E-state index contributed by atoms with van der Waals surface area (Å²) in [7, 11) is 1.64. The number of carbonyl (C=O) groups excluding carboxylic acids is 1. The van der Waals surface area contributed by atoms with Crippen molar-refractivity contribution >= 4 is 24.0 Å². The van der Waals surface area contributed by atoms with Crippen LogP contribution in [0.1, 0.15) is 12.0 Å². The van der Waals surface area contributed by atoms with Crippen molar-refractivity contribution in [2.75, 3.05) is 32.1 Å². The third-order valence-corrected chi connectivity index (χ3v) is 3.01. The Balaban J connectivity index is 0.00000200. The molecule has 1 atom stereocenters. The molecular formula is C14H21ClN2O3. The van der Waals surface area contributed by atoms with E-state index < -0.39 is 0 Å². The van der Waals surface area contributed by atoms with Gasteiger partial charge >= 0.3 is 0 Å². The summed E-state index contributed by atoms with van der Waals surface area (Å²) in [5.41, 5.74) is 1.78. The molecule has 1 aromatic rings. The summed E-state index contributed by atoms with van der Waals surface area (Å²) in [6.45, 7) is 2.73. The lowest BCUT2D eigenvalue weighted by Crippen LogP contribution is -2.40. The van der Waals surface area contributed by atoms with Crippen molar-refractivity contribution in [2.45, 2.75) is 19.1 Å². The van der Waals surface area contributed by atoms with Crippen molar-refractivity contribution in [1.82, 2.24) is 5.32 Å². The first-order valence-corrected chi connectivity index (χ1v) is 6.48. The summed E-state index contributed by atoms with van der Waals surface area (Å²) in [5.74, 6) is -0.0303. The normalized spacial score (nSPS) is 18.1. The number of nitrogens with one attached hydrogen (secondary N) is 2. The average molecular weight is 301 g/mol. The lowest BCUT2D eigenvalue weighted by Gasteiger charge is -2.23. The first kappa shape index (κ1) is 16.9. The summed E-state index contributed by atoms with van der Waals surface area (Å²) >= 11 is 0. The second-order valence-corrected chi connectivity index (χ2v) is 4.54. The molecule has 0 aliphatic carbocycles. The van der Waals surface area contributed by atoms with Gasteiger partial charge in [0.05, 0.1) is 25.7 Å². The molecule has 0 spiro atoms. The number of amides is 1. The molecule has 1 fully saturated rings. The minimum atomic E-state index is -0.0386. The Kier molecular flexibility index (Phi) is 7.54. The van der Waals surface area contributed by atoms with Crippen LogP contribution >= 0.6 is 12.4 Å². The zero-order valence-corrected chi connectivity index (χ0v) is 12.4. The molecule has 0 bridgehead atoms. The molecule has 0 aromatic heterocycles. The standard InChI is InChI=1S/C14H20N2O3.ClH/c1-18-10-11-4-2-3-5-13(11)16-14(17)8-12-9-15-6-7-19-12;/h2-5,12,15H,6-10H2,1H3,(H,16,17);1H. The Labute approximate surface area is 125 Å². The molecule has 0 saturated carbocycles. The van der Waals surface area contributed by atoms with E-state index in [4.69, 9.17) is 9.47 Å². The molecule has 2 rings (SSSR count). The first-order chi connectivity index (χ1) is 9.29. The Morgan fingerprint density at radius 1 is 1.50 bits per heavy atom. The molecule has 1 aromatic carbocycles. The number of morpholine rings is 1. The van der Waals surface area contributed by atoms with Crippen LogP contribution in [0.3, 0.4) is 0 Å². The van der Waals surface area contributed by atoms with Gasteiger partial charge in [-0.25, -0.2) is 0 Å². The van der Waals surface area contributed by atoms with Crippen molar-refractivity contribution in [1.29, 1.82) is 0 Å². The Bertz CT molecular complexity index is 423. The highest BCUT2D eigenvalue weighted by atomic mass is 35.5. The van der Waals surface area contributed by atoms with Gasteiger partial charge in [0.2, 0.25) is 5.91 Å². The Morgan fingerprint density at radius 2 is 2.30 bits per heavy atom. The molecule has 112 valence electrons. The van der Waals surface area contributed by atoms with Crippen LogP contribution in [0.2, 0.25) is 0 Å². The monoisotopic (exact) mass is 300 g/mol. The number of rotatable bonds is 5. The van der Waals surface area contributed by atoms with E-state index in [9.17, 15) is 4.79 Å². The second kappa shape index (κ2) is 8.92. The summed E-state index contributed by atoms with van der Waals surface area (Å²) in [4.78, 5) is 12.0. The zero-order valence-electron chi connectivity index (χ0n) is 11.6. The van der Waals surface area contributed by atoms with E-state index in [-0.39, 0.29) is 24.4 Å². The smallest absolute Gasteiger partial charge is 0.227 e. The van der Waals surface area contributed by atoms with Crippen LogP contribution in [0.25, 0.3) is 0 Å². The van der Waals surface area contributed by atoms with Crippen molar-refractivity contribution in [2.24, 2.45) is 0 Å². The maximum absolute atomic E-state index is 12.0. The quantitative estimate of drug-likeness (QED) is 0.867. The summed E-state index contributed by atoms with van der Waals surface area (Å²) in [6.07, 6.45) is 0.331. The summed E-state index contributed by atoms with van der Waals surface area (Å²) in [6, 6.07) is 7.65. The number of methoxy groups -OCH3 is 1. The van der Waals surface area contributed by atoms with Crippen molar-refractivity contribution in [3.8, 4) is 0 Å². The minimum Gasteiger partial charge on any atom is -0.380 e. The van der Waals surface area contributed by atoms with Crippen LogP contribution < -0.4 is 10.6 Å².